The lowest BCUT2D eigenvalue weighted by atomic mass is 10.1. The van der Waals surface area contributed by atoms with E-state index < -0.39 is 8.60 Å². The Balaban J connectivity index is 2.00. The molecule has 0 aliphatic rings. The fraction of sp³-hybridized carbons (Fsp3) is 0.125. The number of Topliss-reactive ketones (excluding diaryl/α,β-unsaturated/α-hetero) is 3. The monoisotopic (exact) mass is 436 g/mol. The Kier molecular flexibility index (Phi) is 7.16. The predicted molar refractivity (Wildman–Crippen MR) is 118 cm³/mol. The Morgan fingerprint density at radius 2 is 0.774 bits per heavy atom. The van der Waals surface area contributed by atoms with E-state index in [0.717, 1.165) is 0 Å². The Morgan fingerprint density at radius 1 is 0.516 bits per heavy atom. The maximum atomic E-state index is 12.0. The van der Waals surface area contributed by atoms with Crippen LogP contribution >= 0.6 is 8.60 Å². The van der Waals surface area contributed by atoms with Crippen LogP contribution in [0.15, 0.2) is 72.8 Å². The van der Waals surface area contributed by atoms with Gasteiger partial charge in [0.05, 0.1) is 16.7 Å². The van der Waals surface area contributed by atoms with Crippen LogP contribution in [0, 0.1) is 0 Å². The van der Waals surface area contributed by atoms with Crippen LogP contribution in [0.4, 0.5) is 0 Å². The number of para-hydroxylation sites is 3. The average Bonchev–Trinajstić information content (AvgIpc) is 2.74. The third-order valence-corrected chi connectivity index (χ3v) is 5.36. The highest BCUT2D eigenvalue weighted by atomic mass is 31.2. The first-order chi connectivity index (χ1) is 14.9. The summed E-state index contributed by atoms with van der Waals surface area (Å²) < 4.78 is 17.9. The topological polar surface area (TPSA) is 78.9 Å². The van der Waals surface area contributed by atoms with E-state index in [2.05, 4.69) is 0 Å². The number of rotatable bonds is 9. The van der Waals surface area contributed by atoms with Crippen LogP contribution in [0.1, 0.15) is 51.8 Å². The van der Waals surface area contributed by atoms with Crippen LogP contribution in [-0.2, 0) is 0 Å². The van der Waals surface area contributed by atoms with Gasteiger partial charge < -0.3 is 13.6 Å². The van der Waals surface area contributed by atoms with E-state index in [4.69, 9.17) is 13.6 Å². The average molecular weight is 436 g/mol. The number of carbonyl (C=O) groups is 3. The molecule has 6 nitrogen and oxygen atoms in total. The molecule has 0 aliphatic heterocycles. The van der Waals surface area contributed by atoms with Gasteiger partial charge in [-0.3, -0.25) is 14.4 Å². The molecule has 0 saturated carbocycles. The zero-order valence-electron chi connectivity index (χ0n) is 17.3. The van der Waals surface area contributed by atoms with Crippen molar-refractivity contribution in [1.82, 2.24) is 0 Å². The summed E-state index contributed by atoms with van der Waals surface area (Å²) in [5.74, 6) is 0.293. The van der Waals surface area contributed by atoms with Gasteiger partial charge in [-0.25, -0.2) is 0 Å². The van der Waals surface area contributed by atoms with E-state index in [0.29, 0.717) is 16.7 Å². The van der Waals surface area contributed by atoms with E-state index in [1.165, 1.54) is 20.8 Å². The molecule has 0 atom stereocenters. The van der Waals surface area contributed by atoms with Crippen LogP contribution in [0.3, 0.4) is 0 Å². The number of carbonyl (C=O) groups excluding carboxylic acids is 3. The Morgan fingerprint density at radius 3 is 1.03 bits per heavy atom. The highest BCUT2D eigenvalue weighted by molar-refractivity contribution is 7.43. The van der Waals surface area contributed by atoms with E-state index in [-0.39, 0.29) is 34.6 Å². The highest BCUT2D eigenvalue weighted by Gasteiger charge is 2.25. The van der Waals surface area contributed by atoms with Gasteiger partial charge in [0, 0.05) is 0 Å². The molecule has 0 aliphatic carbocycles. The predicted octanol–water partition coefficient (Wildman–Crippen LogP) is 6.06. The second-order valence-electron chi connectivity index (χ2n) is 6.65. The van der Waals surface area contributed by atoms with Gasteiger partial charge in [-0.15, -0.1) is 0 Å². The minimum absolute atomic E-state index is 0.182. The van der Waals surface area contributed by atoms with E-state index >= 15 is 0 Å². The molecule has 0 amide bonds. The molecule has 0 fully saturated rings. The molecule has 7 heteroatoms. The molecule has 0 saturated heterocycles. The van der Waals surface area contributed by atoms with Gasteiger partial charge >= 0.3 is 8.60 Å². The summed E-state index contributed by atoms with van der Waals surface area (Å²) in [6, 6.07) is 20.2. The van der Waals surface area contributed by atoms with Crippen molar-refractivity contribution in [3.8, 4) is 17.2 Å². The molecule has 0 radical (unpaired) electrons. The van der Waals surface area contributed by atoms with Gasteiger partial charge in [-0.05, 0) is 57.2 Å². The van der Waals surface area contributed by atoms with Crippen LogP contribution in [0.5, 0.6) is 17.2 Å². The van der Waals surface area contributed by atoms with E-state index in [1.54, 1.807) is 72.8 Å². The minimum atomic E-state index is -2.17. The van der Waals surface area contributed by atoms with Crippen LogP contribution < -0.4 is 13.6 Å². The molecule has 0 bridgehead atoms. The van der Waals surface area contributed by atoms with Gasteiger partial charge in [0.1, 0.15) is 17.2 Å². The molecule has 0 spiro atoms. The summed E-state index contributed by atoms with van der Waals surface area (Å²) >= 11 is 0. The number of hydrogen-bond donors (Lipinski definition) is 0. The summed E-state index contributed by atoms with van der Waals surface area (Å²) in [4.78, 5) is 36.0. The Bertz CT molecular complexity index is 983. The fourth-order valence-electron chi connectivity index (χ4n) is 2.81. The molecular formula is C24H21O6P. The first kappa shape index (κ1) is 22.2. The molecule has 31 heavy (non-hydrogen) atoms. The van der Waals surface area contributed by atoms with Crippen molar-refractivity contribution in [3.63, 3.8) is 0 Å². The minimum Gasteiger partial charge on any atom is -0.408 e. The second-order valence-corrected chi connectivity index (χ2v) is 7.65. The van der Waals surface area contributed by atoms with Crippen molar-refractivity contribution in [3.05, 3.63) is 89.5 Å². The van der Waals surface area contributed by atoms with Crippen LogP contribution in [0.2, 0.25) is 0 Å². The van der Waals surface area contributed by atoms with Crippen LogP contribution in [0.25, 0.3) is 0 Å². The normalized spacial score (nSPS) is 10.5. The maximum absolute atomic E-state index is 12.0. The quantitative estimate of drug-likeness (QED) is 0.300. The Labute approximate surface area is 181 Å². The van der Waals surface area contributed by atoms with Crippen molar-refractivity contribution in [1.29, 1.82) is 0 Å². The third-order valence-electron chi connectivity index (χ3n) is 4.32. The molecule has 0 N–H and O–H groups in total. The summed E-state index contributed by atoms with van der Waals surface area (Å²) in [7, 11) is -2.17. The smallest absolute Gasteiger partial charge is 0.408 e. The van der Waals surface area contributed by atoms with Crippen molar-refractivity contribution >= 4 is 26.0 Å². The molecule has 0 unspecified atom stereocenters. The molecule has 0 aromatic heterocycles. The molecule has 3 aromatic carbocycles. The zero-order valence-corrected chi connectivity index (χ0v) is 18.2. The van der Waals surface area contributed by atoms with Crippen molar-refractivity contribution in [2.75, 3.05) is 0 Å². The summed E-state index contributed by atoms with van der Waals surface area (Å²) in [5, 5.41) is 0. The SMILES string of the molecule is CC(=O)c1ccccc1OP(Oc1ccccc1C(C)=O)Oc1ccccc1C(C)=O. The molecule has 0 heterocycles. The highest BCUT2D eigenvalue weighted by Crippen LogP contribution is 2.45. The standard InChI is InChI=1S/C24H21O6P/c1-16(25)19-10-4-7-13-22(19)28-31(29-23-14-8-5-11-20(23)17(2)26)30-24-15-9-6-12-21(24)18(3)27/h4-15H,1-3H3. The van der Waals surface area contributed by atoms with Gasteiger partial charge in [-0.2, -0.15) is 0 Å². The number of benzene rings is 3. The first-order valence-electron chi connectivity index (χ1n) is 9.50. The summed E-state index contributed by atoms with van der Waals surface area (Å²) in [6.07, 6.45) is 0. The number of hydrogen-bond acceptors (Lipinski definition) is 6. The third kappa shape index (κ3) is 5.56. The van der Waals surface area contributed by atoms with Crippen LogP contribution in [-0.4, -0.2) is 17.3 Å². The first-order valence-corrected chi connectivity index (χ1v) is 10.6. The van der Waals surface area contributed by atoms with Crippen molar-refractivity contribution < 1.29 is 28.0 Å². The Hall–Kier alpha value is -3.50. The summed E-state index contributed by atoms with van der Waals surface area (Å²) in [5.41, 5.74) is 1.09. The lowest BCUT2D eigenvalue weighted by molar-refractivity contribution is 0.100. The lowest BCUT2D eigenvalue weighted by Crippen LogP contribution is -2.08. The van der Waals surface area contributed by atoms with E-state index in [1.807, 2.05) is 0 Å². The zero-order chi connectivity index (χ0) is 22.4. The maximum Gasteiger partial charge on any atom is 0.530 e. The molecule has 3 rings (SSSR count). The molecular weight excluding hydrogens is 415 g/mol. The molecule has 3 aromatic rings. The van der Waals surface area contributed by atoms with Gasteiger partial charge in [0.25, 0.3) is 0 Å². The largest absolute Gasteiger partial charge is 0.530 e. The van der Waals surface area contributed by atoms with E-state index in [9.17, 15) is 14.4 Å². The van der Waals surface area contributed by atoms with Gasteiger partial charge in [0.15, 0.2) is 17.3 Å². The fourth-order valence-corrected chi connectivity index (χ4v) is 3.88. The summed E-state index contributed by atoms with van der Waals surface area (Å²) in [6.45, 7) is 4.30. The van der Waals surface area contributed by atoms with Crippen molar-refractivity contribution in [2.24, 2.45) is 0 Å². The molecule has 158 valence electrons. The lowest BCUT2D eigenvalue weighted by Gasteiger charge is -2.20. The van der Waals surface area contributed by atoms with Gasteiger partial charge in [0.2, 0.25) is 0 Å². The van der Waals surface area contributed by atoms with Crippen molar-refractivity contribution in [2.45, 2.75) is 20.8 Å². The second kappa shape index (κ2) is 10.0. The number of ketones is 3. The van der Waals surface area contributed by atoms with Gasteiger partial charge in [-0.1, -0.05) is 36.4 Å².